The Morgan fingerprint density at radius 2 is 0.831 bits per heavy atom. The lowest BCUT2D eigenvalue weighted by molar-refractivity contribution is 0.463. The molecular weight excluding hydrogens is 728 g/mol. The third-order valence-electron chi connectivity index (χ3n) is 10.4. The molecule has 0 bridgehead atoms. The van der Waals surface area contributed by atoms with Crippen LogP contribution in [0.15, 0.2) is 201 Å². The van der Waals surface area contributed by atoms with Crippen molar-refractivity contribution in [3.63, 3.8) is 0 Å². The van der Waals surface area contributed by atoms with Crippen LogP contribution in [-0.4, -0.2) is 48.4 Å². The van der Waals surface area contributed by atoms with Gasteiger partial charge in [0.25, 0.3) is 5.95 Å². The van der Waals surface area contributed by atoms with Crippen molar-refractivity contribution < 1.29 is 9.47 Å². The van der Waals surface area contributed by atoms with Crippen molar-refractivity contribution in [1.82, 2.24) is 34.9 Å². The lowest BCUT2D eigenvalue weighted by Gasteiger charge is -2.17. The third-order valence-corrected chi connectivity index (χ3v) is 10.4. The highest BCUT2D eigenvalue weighted by Crippen LogP contribution is 2.30. The molecule has 0 saturated carbocycles. The molecule has 10 aromatic rings. The van der Waals surface area contributed by atoms with E-state index >= 15 is 0 Å². The van der Waals surface area contributed by atoms with E-state index in [1.54, 1.807) is 12.4 Å². The van der Waals surface area contributed by atoms with E-state index in [1.807, 2.05) is 72.8 Å². The average Bonchev–Trinajstić information content (AvgIpc) is 3.61. The van der Waals surface area contributed by atoms with Gasteiger partial charge in [-0.25, -0.2) is 9.97 Å². The maximum atomic E-state index is 6.20. The number of hydrogen-bond donors (Lipinski definition) is 0. The molecule has 6 aromatic carbocycles. The normalized spacial score (nSPS) is 11.1. The second-order valence-corrected chi connectivity index (χ2v) is 14.1. The Balaban J connectivity index is 1.13. The molecule has 10 rings (SSSR count). The summed E-state index contributed by atoms with van der Waals surface area (Å²) in [5.41, 5.74) is 8.50. The Bertz CT molecular complexity index is 2830. The van der Waals surface area contributed by atoms with Gasteiger partial charge in [0.2, 0.25) is 25.2 Å². The zero-order valence-corrected chi connectivity index (χ0v) is 31.7. The number of benzene rings is 6. The lowest BCUT2D eigenvalue weighted by Crippen LogP contribution is -2.52. The predicted octanol–water partition coefficient (Wildman–Crippen LogP) is 5.77. The van der Waals surface area contributed by atoms with Gasteiger partial charge in [0.15, 0.2) is 6.33 Å². The molecule has 4 aromatic heterocycles. The van der Waals surface area contributed by atoms with Gasteiger partial charge in [0.05, 0.1) is 11.0 Å². The SMILES string of the molecule is c1ccc(B(c2cccc(Oc3ccccn3)c2)c2ccc3c4ccc(B(c5ccccc5)c5cccc(Oc6ccccn6)c5)cc4n(-c4nncnn4)c3c2)cc1. The van der Waals surface area contributed by atoms with E-state index in [0.29, 0.717) is 29.2 Å². The number of aromatic nitrogens is 7. The van der Waals surface area contributed by atoms with Crippen LogP contribution in [0.5, 0.6) is 23.3 Å². The molecule has 0 spiro atoms. The number of nitrogens with zero attached hydrogens (tertiary/aromatic N) is 7. The van der Waals surface area contributed by atoms with Crippen molar-refractivity contribution in [3.05, 3.63) is 201 Å². The highest BCUT2D eigenvalue weighted by molar-refractivity contribution is 6.96. The van der Waals surface area contributed by atoms with Crippen LogP contribution >= 0.6 is 0 Å². The average molecular weight is 761 g/mol. The van der Waals surface area contributed by atoms with Gasteiger partial charge in [0.1, 0.15) is 11.5 Å². The summed E-state index contributed by atoms with van der Waals surface area (Å²) in [4.78, 5) is 8.75. The molecule has 0 amide bonds. The predicted molar refractivity (Wildman–Crippen MR) is 236 cm³/mol. The van der Waals surface area contributed by atoms with Crippen LogP contribution in [0.25, 0.3) is 27.8 Å². The molecule has 0 aliphatic heterocycles. The standard InChI is InChI=1S/C48H33B2N7O2/c1-3-13-34(14-4-1)49(36-17-11-19-40(29-36)58-46-21-7-9-27-51-46)38-23-25-42-43-26-24-39(32-45(43)57(44(42)31-38)48-55-53-33-54-56-48)50(35-15-5-2-6-16-35)37-18-12-20-41(30-37)59-47-22-8-10-28-52-47/h1-33H. The fourth-order valence-corrected chi connectivity index (χ4v) is 7.93. The summed E-state index contributed by atoms with van der Waals surface area (Å²) in [6.07, 6.45) is 4.80. The van der Waals surface area contributed by atoms with E-state index in [0.717, 1.165) is 54.6 Å². The summed E-state index contributed by atoms with van der Waals surface area (Å²) < 4.78 is 14.5. The van der Waals surface area contributed by atoms with Gasteiger partial charge in [-0.3, -0.25) is 4.57 Å². The Hall–Kier alpha value is -7.91. The van der Waals surface area contributed by atoms with Crippen molar-refractivity contribution >= 4 is 68.0 Å². The summed E-state index contributed by atoms with van der Waals surface area (Å²) in [7, 11) is 0. The monoisotopic (exact) mass is 761 g/mol. The maximum Gasteiger partial charge on any atom is 0.273 e. The first-order valence-corrected chi connectivity index (χ1v) is 19.3. The largest absolute Gasteiger partial charge is 0.439 e. The summed E-state index contributed by atoms with van der Waals surface area (Å²) in [5.74, 6) is 2.88. The number of hydrogen-bond acceptors (Lipinski definition) is 8. The molecule has 59 heavy (non-hydrogen) atoms. The van der Waals surface area contributed by atoms with Crippen LogP contribution in [0.4, 0.5) is 0 Å². The minimum absolute atomic E-state index is 0.120. The Morgan fingerprint density at radius 1 is 0.390 bits per heavy atom. The second-order valence-electron chi connectivity index (χ2n) is 14.1. The molecule has 11 heteroatoms. The highest BCUT2D eigenvalue weighted by atomic mass is 16.5. The molecular formula is C48H33B2N7O2. The minimum atomic E-state index is -0.120. The van der Waals surface area contributed by atoms with Crippen molar-refractivity contribution in [2.45, 2.75) is 0 Å². The molecule has 0 radical (unpaired) electrons. The maximum absolute atomic E-state index is 6.20. The van der Waals surface area contributed by atoms with E-state index < -0.39 is 0 Å². The number of fused-ring (bicyclic) bond motifs is 3. The zero-order chi connectivity index (χ0) is 39.4. The molecule has 4 heterocycles. The molecule has 0 aliphatic carbocycles. The minimum Gasteiger partial charge on any atom is -0.439 e. The summed E-state index contributed by atoms with van der Waals surface area (Å²) in [6, 6.07) is 62.1. The summed E-state index contributed by atoms with van der Waals surface area (Å²) in [5, 5.41) is 19.5. The van der Waals surface area contributed by atoms with E-state index in [4.69, 9.17) is 9.47 Å². The van der Waals surface area contributed by atoms with Crippen LogP contribution in [0, 0.1) is 0 Å². The van der Waals surface area contributed by atoms with E-state index in [2.05, 4.69) is 144 Å². The van der Waals surface area contributed by atoms with Crippen molar-refractivity contribution in [2.24, 2.45) is 0 Å². The van der Waals surface area contributed by atoms with Crippen molar-refractivity contribution in [1.29, 1.82) is 0 Å². The lowest BCUT2D eigenvalue weighted by atomic mass is 9.37. The first-order chi connectivity index (χ1) is 29.2. The van der Waals surface area contributed by atoms with Gasteiger partial charge in [0, 0.05) is 35.3 Å². The fraction of sp³-hybridized carbons (Fsp3) is 0. The van der Waals surface area contributed by atoms with Gasteiger partial charge in [-0.2, -0.15) is 0 Å². The van der Waals surface area contributed by atoms with Crippen molar-refractivity contribution in [3.8, 4) is 29.2 Å². The smallest absolute Gasteiger partial charge is 0.273 e. The third kappa shape index (κ3) is 7.29. The second kappa shape index (κ2) is 15.9. The van der Waals surface area contributed by atoms with Crippen LogP contribution < -0.4 is 42.3 Å². The molecule has 9 nitrogen and oxygen atoms in total. The molecule has 0 unspecified atom stereocenters. The quantitative estimate of drug-likeness (QED) is 0.153. The number of rotatable bonds is 11. The van der Waals surface area contributed by atoms with Crippen LogP contribution in [0.1, 0.15) is 0 Å². The van der Waals surface area contributed by atoms with Crippen LogP contribution in [0.3, 0.4) is 0 Å². The number of ether oxygens (including phenoxy) is 2. The number of pyridine rings is 2. The van der Waals surface area contributed by atoms with E-state index in [-0.39, 0.29) is 13.4 Å². The first-order valence-electron chi connectivity index (χ1n) is 19.3. The topological polar surface area (TPSA) is 101 Å². The molecule has 0 fully saturated rings. The molecule has 0 N–H and O–H groups in total. The first kappa shape index (κ1) is 35.5. The molecule has 0 saturated heterocycles. The van der Waals surface area contributed by atoms with E-state index in [9.17, 15) is 0 Å². The summed E-state index contributed by atoms with van der Waals surface area (Å²) in [6.45, 7) is -0.239. The van der Waals surface area contributed by atoms with Gasteiger partial charge >= 0.3 is 0 Å². The van der Waals surface area contributed by atoms with E-state index in [1.165, 1.54) is 6.33 Å². The zero-order valence-electron chi connectivity index (χ0n) is 31.7. The molecule has 278 valence electrons. The van der Waals surface area contributed by atoms with Crippen LogP contribution in [-0.2, 0) is 0 Å². The molecule has 0 atom stereocenters. The Morgan fingerprint density at radius 3 is 1.29 bits per heavy atom. The van der Waals surface area contributed by atoms with Gasteiger partial charge in [-0.05, 0) is 48.5 Å². The van der Waals surface area contributed by atoms with Crippen molar-refractivity contribution in [2.75, 3.05) is 0 Å². The summed E-state index contributed by atoms with van der Waals surface area (Å²) >= 11 is 0. The van der Waals surface area contributed by atoms with Gasteiger partial charge in [-0.1, -0.05) is 154 Å². The fourth-order valence-electron chi connectivity index (χ4n) is 7.93. The van der Waals surface area contributed by atoms with Crippen LogP contribution in [0.2, 0.25) is 0 Å². The van der Waals surface area contributed by atoms with Gasteiger partial charge in [-0.15, -0.1) is 20.4 Å². The van der Waals surface area contributed by atoms with Gasteiger partial charge < -0.3 is 9.47 Å². The Kier molecular flexibility index (Phi) is 9.58. The Labute approximate surface area is 341 Å². The molecule has 0 aliphatic rings. The highest BCUT2D eigenvalue weighted by Gasteiger charge is 2.27.